The van der Waals surface area contributed by atoms with Crippen molar-refractivity contribution in [1.82, 2.24) is 0 Å². The molecule has 0 aliphatic rings. The Kier molecular flexibility index (Phi) is 11.0. The van der Waals surface area contributed by atoms with Crippen molar-refractivity contribution in [3.63, 3.8) is 0 Å². The van der Waals surface area contributed by atoms with Gasteiger partial charge in [0.2, 0.25) is 4.90 Å². The van der Waals surface area contributed by atoms with Crippen LogP contribution in [0.1, 0.15) is 43.4 Å². The van der Waals surface area contributed by atoms with E-state index in [1.165, 1.54) is 26.8 Å². The molecule has 0 heterocycles. The highest BCUT2D eigenvalue weighted by Crippen LogP contribution is 2.38. The quantitative estimate of drug-likeness (QED) is 0.0928. The Morgan fingerprint density at radius 2 is 0.915 bits per heavy atom. The maximum atomic E-state index is 11.1. The second kappa shape index (κ2) is 15.3. The summed E-state index contributed by atoms with van der Waals surface area (Å²) in [6.07, 6.45) is 0. The van der Waals surface area contributed by atoms with Crippen molar-refractivity contribution < 1.29 is 17.7 Å². The van der Waals surface area contributed by atoms with Crippen molar-refractivity contribution in [2.45, 2.75) is 51.9 Å². The molecule has 0 amide bonds. The molecule has 0 fully saturated rings. The van der Waals surface area contributed by atoms with E-state index in [1.54, 1.807) is 12.1 Å². The minimum Gasteiger partial charge on any atom is -0.744 e. The lowest BCUT2D eigenvalue weighted by atomic mass is 9.85. The van der Waals surface area contributed by atoms with Gasteiger partial charge in [0.15, 0.2) is 15.5 Å². The van der Waals surface area contributed by atoms with Crippen molar-refractivity contribution in [3.05, 3.63) is 187 Å². The Morgan fingerprint density at radius 1 is 0.532 bits per heavy atom. The van der Waals surface area contributed by atoms with E-state index in [2.05, 4.69) is 99.6 Å². The maximum Gasteiger partial charge on any atom is 0.208 e. The van der Waals surface area contributed by atoms with Crippen LogP contribution >= 0.6 is 0 Å². The van der Waals surface area contributed by atoms with E-state index in [0.29, 0.717) is 0 Å². The molecule has 47 heavy (non-hydrogen) atoms. The van der Waals surface area contributed by atoms with Crippen LogP contribution in [0.4, 0.5) is 0 Å². The van der Waals surface area contributed by atoms with E-state index < -0.39 is 10.1 Å². The highest BCUT2D eigenvalue weighted by molar-refractivity contribution is 7.97. The molecule has 238 valence electrons. The van der Waals surface area contributed by atoms with Gasteiger partial charge in [0.05, 0.1) is 4.90 Å². The fourth-order valence-electron chi connectivity index (χ4n) is 5.23. The van der Waals surface area contributed by atoms with E-state index >= 15 is 0 Å². The molecule has 0 saturated carbocycles. The Bertz CT molecular complexity index is 1860. The van der Waals surface area contributed by atoms with Crippen molar-refractivity contribution in [3.8, 4) is 5.75 Å². The number of hydrogen-bond donors (Lipinski definition) is 0. The smallest absolute Gasteiger partial charge is 0.208 e. The standard InChI is InChI=1S/C22H23OS.C19H16O3S/c1-22(2,3)23-20-16-10-11-17-21(20)24(18-12-6-4-7-13-18)19-14-8-5-9-15-19;20-23(21,22)18-13-11-17(12-14-18)19(15-7-3-1-4-8-15)16-9-5-2-6-10-16/h4-17H,1-3H3;1-14,19H,(H,20,21,22)/q+1;/p-1. The van der Waals surface area contributed by atoms with Crippen LogP contribution < -0.4 is 4.74 Å². The molecule has 0 aliphatic carbocycles. The van der Waals surface area contributed by atoms with Gasteiger partial charge in [-0.25, -0.2) is 8.42 Å². The number of ether oxygens (including phenoxy) is 1. The number of rotatable bonds is 8. The summed E-state index contributed by atoms with van der Waals surface area (Å²) in [6.45, 7) is 6.27. The normalized spacial score (nSPS) is 11.5. The minimum absolute atomic E-state index is 0.0131. The molecule has 6 rings (SSSR count). The maximum absolute atomic E-state index is 11.1. The van der Waals surface area contributed by atoms with Crippen LogP contribution in [-0.4, -0.2) is 18.6 Å². The Hall–Kier alpha value is -4.62. The molecule has 0 aliphatic heterocycles. The van der Waals surface area contributed by atoms with Crippen molar-refractivity contribution >= 4 is 21.0 Å². The van der Waals surface area contributed by atoms with Crippen LogP contribution in [-0.2, 0) is 21.0 Å². The topological polar surface area (TPSA) is 66.4 Å². The summed E-state index contributed by atoms with van der Waals surface area (Å²) in [5, 5.41) is 0. The first-order chi connectivity index (χ1) is 22.6. The van der Waals surface area contributed by atoms with Gasteiger partial charge in [-0.15, -0.1) is 0 Å². The fourth-order valence-corrected chi connectivity index (χ4v) is 7.87. The molecule has 0 N–H and O–H groups in total. The zero-order valence-electron chi connectivity index (χ0n) is 26.7. The number of benzene rings is 6. The third-order valence-corrected chi connectivity index (χ3v) is 10.3. The average Bonchev–Trinajstić information content (AvgIpc) is 3.07. The van der Waals surface area contributed by atoms with E-state index in [9.17, 15) is 13.0 Å². The van der Waals surface area contributed by atoms with Gasteiger partial charge in [-0.05, 0) is 86.0 Å². The Balaban J connectivity index is 0.000000185. The summed E-state index contributed by atoms with van der Waals surface area (Å²) in [5.74, 6) is 0.946. The minimum atomic E-state index is -4.42. The second-order valence-electron chi connectivity index (χ2n) is 11.9. The lowest BCUT2D eigenvalue weighted by Crippen LogP contribution is -2.24. The second-order valence-corrected chi connectivity index (χ2v) is 15.2. The molecule has 0 aromatic heterocycles. The van der Waals surface area contributed by atoms with Crippen LogP contribution in [0.5, 0.6) is 5.75 Å². The molecule has 0 atom stereocenters. The molecule has 0 spiro atoms. The summed E-state index contributed by atoms with van der Waals surface area (Å²) >= 11 is 0. The van der Waals surface area contributed by atoms with Crippen LogP contribution in [0.15, 0.2) is 189 Å². The highest BCUT2D eigenvalue weighted by atomic mass is 32.2. The van der Waals surface area contributed by atoms with Gasteiger partial charge in [-0.3, -0.25) is 0 Å². The van der Waals surface area contributed by atoms with Gasteiger partial charge in [0, 0.05) is 5.92 Å². The van der Waals surface area contributed by atoms with Crippen molar-refractivity contribution in [2.75, 3.05) is 0 Å². The highest BCUT2D eigenvalue weighted by Gasteiger charge is 2.32. The fraction of sp³-hybridized carbons (Fsp3) is 0.122. The van der Waals surface area contributed by atoms with Crippen molar-refractivity contribution in [2.24, 2.45) is 0 Å². The van der Waals surface area contributed by atoms with Crippen LogP contribution in [0, 0.1) is 0 Å². The summed E-state index contributed by atoms with van der Waals surface area (Å²) in [7, 11) is -4.61. The average molecular weight is 659 g/mol. The third kappa shape index (κ3) is 9.23. The summed E-state index contributed by atoms with van der Waals surface area (Å²) < 4.78 is 39.6. The largest absolute Gasteiger partial charge is 0.744 e. The monoisotopic (exact) mass is 658 g/mol. The molecular formula is C41H38O4S2. The van der Waals surface area contributed by atoms with E-state index in [4.69, 9.17) is 4.74 Å². The van der Waals surface area contributed by atoms with Gasteiger partial charge in [-0.1, -0.05) is 121 Å². The molecule has 4 nitrogen and oxygen atoms in total. The zero-order chi connectivity index (χ0) is 33.3. The number of hydrogen-bond acceptors (Lipinski definition) is 4. The first-order valence-corrected chi connectivity index (χ1v) is 18.0. The summed E-state index contributed by atoms with van der Waals surface area (Å²) in [6, 6.07) is 55.8. The van der Waals surface area contributed by atoms with Gasteiger partial charge >= 0.3 is 0 Å². The molecule has 6 aromatic carbocycles. The Labute approximate surface area is 281 Å². The van der Waals surface area contributed by atoms with Gasteiger partial charge in [-0.2, -0.15) is 0 Å². The van der Waals surface area contributed by atoms with Crippen molar-refractivity contribution in [1.29, 1.82) is 0 Å². The zero-order valence-corrected chi connectivity index (χ0v) is 28.3. The molecule has 6 aromatic rings. The molecule has 0 unspecified atom stereocenters. The van der Waals surface area contributed by atoms with E-state index in [-0.39, 0.29) is 27.3 Å². The van der Waals surface area contributed by atoms with E-state index in [0.717, 1.165) is 22.4 Å². The van der Waals surface area contributed by atoms with E-state index in [1.807, 2.05) is 66.7 Å². The lowest BCUT2D eigenvalue weighted by molar-refractivity contribution is 0.127. The predicted octanol–water partition coefficient (Wildman–Crippen LogP) is 9.73. The first-order valence-electron chi connectivity index (χ1n) is 15.4. The molecular weight excluding hydrogens is 621 g/mol. The lowest BCUT2D eigenvalue weighted by Gasteiger charge is -2.22. The molecule has 0 radical (unpaired) electrons. The molecule has 6 heteroatoms. The number of para-hydroxylation sites is 1. The van der Waals surface area contributed by atoms with Crippen LogP contribution in [0.2, 0.25) is 0 Å². The van der Waals surface area contributed by atoms with Gasteiger partial charge in [0.25, 0.3) is 0 Å². The third-order valence-electron chi connectivity index (χ3n) is 7.21. The van der Waals surface area contributed by atoms with Gasteiger partial charge in [0.1, 0.15) is 26.6 Å². The molecule has 0 bridgehead atoms. The van der Waals surface area contributed by atoms with Crippen LogP contribution in [0.3, 0.4) is 0 Å². The predicted molar refractivity (Wildman–Crippen MR) is 190 cm³/mol. The first kappa shape index (κ1) is 33.7. The summed E-state index contributed by atoms with van der Waals surface area (Å²) in [4.78, 5) is 3.62. The molecule has 0 saturated heterocycles. The summed E-state index contributed by atoms with van der Waals surface area (Å²) in [5.41, 5.74) is 2.93. The van der Waals surface area contributed by atoms with Gasteiger partial charge < -0.3 is 9.29 Å². The van der Waals surface area contributed by atoms with Crippen LogP contribution in [0.25, 0.3) is 0 Å². The SMILES string of the molecule is CC(C)(C)Oc1ccccc1[S+](c1ccccc1)c1ccccc1.O=S(=O)([O-])c1ccc(C(c2ccccc2)c2ccccc2)cc1. The Morgan fingerprint density at radius 3 is 1.34 bits per heavy atom.